The number of rotatable bonds is 8. The molecule has 6 nitrogen and oxygen atoms in total. The summed E-state index contributed by atoms with van der Waals surface area (Å²) in [5, 5.41) is 11.7. The van der Waals surface area contributed by atoms with Crippen LogP contribution >= 0.6 is 11.6 Å². The van der Waals surface area contributed by atoms with Crippen molar-refractivity contribution in [2.75, 3.05) is 13.1 Å². The van der Waals surface area contributed by atoms with E-state index in [1.807, 2.05) is 25.1 Å². The van der Waals surface area contributed by atoms with Gasteiger partial charge in [-0.2, -0.15) is 0 Å². The van der Waals surface area contributed by atoms with Crippen molar-refractivity contribution in [3.63, 3.8) is 0 Å². The van der Waals surface area contributed by atoms with E-state index < -0.39 is 10.0 Å². The predicted octanol–water partition coefficient (Wildman–Crippen LogP) is 2.00. The minimum absolute atomic E-state index is 0.00482. The zero-order chi connectivity index (χ0) is 19.2. The minimum atomic E-state index is -3.68. The summed E-state index contributed by atoms with van der Waals surface area (Å²) in [5.74, 6) is -0.111. The second kappa shape index (κ2) is 9.14. The highest BCUT2D eigenvalue weighted by Crippen LogP contribution is 2.16. The van der Waals surface area contributed by atoms with Crippen LogP contribution < -0.4 is 15.8 Å². The number of carbonyl (C=O) groups excluding carboxylic acids is 1. The Balaban J connectivity index is 1.73. The molecule has 0 aliphatic heterocycles. The van der Waals surface area contributed by atoms with Crippen LogP contribution in [-0.4, -0.2) is 27.4 Å². The Morgan fingerprint density at radius 1 is 1.19 bits per heavy atom. The zero-order valence-electron chi connectivity index (χ0n) is 14.4. The first-order valence-corrected chi connectivity index (χ1v) is 10.1. The van der Waals surface area contributed by atoms with Gasteiger partial charge in [-0.1, -0.05) is 35.9 Å². The number of sulfonamides is 1. The molecule has 0 saturated heterocycles. The number of carbonyl (C=O) groups is 1. The summed E-state index contributed by atoms with van der Waals surface area (Å²) < 4.78 is 22.4. The van der Waals surface area contributed by atoms with Gasteiger partial charge in [0.05, 0.1) is 11.4 Å². The third-order valence-electron chi connectivity index (χ3n) is 3.91. The van der Waals surface area contributed by atoms with E-state index in [4.69, 9.17) is 16.7 Å². The Bertz CT molecular complexity index is 854. The Kier molecular flexibility index (Phi) is 7.16. The summed E-state index contributed by atoms with van der Waals surface area (Å²) in [4.78, 5) is 12.0. The third kappa shape index (κ3) is 6.42. The minimum Gasteiger partial charge on any atom is -0.355 e. The molecule has 0 fully saturated rings. The fourth-order valence-corrected chi connectivity index (χ4v) is 3.11. The summed E-state index contributed by atoms with van der Waals surface area (Å²) in [5.41, 5.74) is 1.93. The molecule has 140 valence electrons. The maximum absolute atomic E-state index is 11.9. The summed E-state index contributed by atoms with van der Waals surface area (Å²) >= 11 is 5.97. The normalized spacial score (nSPS) is 12.6. The highest BCUT2D eigenvalue weighted by molar-refractivity contribution is 7.89. The van der Waals surface area contributed by atoms with Crippen LogP contribution in [0.25, 0.3) is 0 Å². The highest BCUT2D eigenvalue weighted by Gasteiger charge is 2.09. The van der Waals surface area contributed by atoms with E-state index in [-0.39, 0.29) is 23.4 Å². The van der Waals surface area contributed by atoms with E-state index in [2.05, 4.69) is 10.6 Å². The molecule has 2 aromatic carbocycles. The molecule has 4 N–H and O–H groups in total. The van der Waals surface area contributed by atoms with Gasteiger partial charge in [-0.15, -0.1) is 0 Å². The maximum Gasteiger partial charge on any atom is 0.238 e. The summed E-state index contributed by atoms with van der Waals surface area (Å²) in [6, 6.07) is 13.8. The van der Waals surface area contributed by atoms with Gasteiger partial charge in [-0.25, -0.2) is 13.6 Å². The van der Waals surface area contributed by atoms with Crippen molar-refractivity contribution in [3.8, 4) is 0 Å². The van der Waals surface area contributed by atoms with Crippen LogP contribution in [0.15, 0.2) is 53.4 Å². The van der Waals surface area contributed by atoms with E-state index in [0.29, 0.717) is 18.0 Å². The summed E-state index contributed by atoms with van der Waals surface area (Å²) in [7, 11) is -3.68. The van der Waals surface area contributed by atoms with Crippen LogP contribution in [0.5, 0.6) is 0 Å². The van der Waals surface area contributed by atoms with E-state index >= 15 is 0 Å². The molecule has 26 heavy (non-hydrogen) atoms. The number of hydrogen-bond donors (Lipinski definition) is 3. The van der Waals surface area contributed by atoms with Crippen molar-refractivity contribution in [1.82, 2.24) is 10.6 Å². The molecule has 0 radical (unpaired) electrons. The molecule has 0 aliphatic rings. The largest absolute Gasteiger partial charge is 0.355 e. The third-order valence-corrected chi connectivity index (χ3v) is 5.07. The Labute approximate surface area is 158 Å². The van der Waals surface area contributed by atoms with Gasteiger partial charge in [0.2, 0.25) is 15.9 Å². The van der Waals surface area contributed by atoms with E-state index in [0.717, 1.165) is 11.1 Å². The van der Waals surface area contributed by atoms with Gasteiger partial charge in [-0.05, 0) is 48.7 Å². The number of nitrogens with two attached hydrogens (primary N) is 1. The van der Waals surface area contributed by atoms with Crippen molar-refractivity contribution < 1.29 is 13.2 Å². The average molecular weight is 396 g/mol. The first kappa shape index (κ1) is 20.4. The van der Waals surface area contributed by atoms with Gasteiger partial charge in [0.1, 0.15) is 0 Å². The number of nitrogens with one attached hydrogen (secondary N) is 2. The van der Waals surface area contributed by atoms with Crippen molar-refractivity contribution in [1.29, 1.82) is 0 Å². The van der Waals surface area contributed by atoms with Gasteiger partial charge in [0, 0.05) is 17.6 Å². The van der Waals surface area contributed by atoms with Crippen molar-refractivity contribution in [2.45, 2.75) is 24.3 Å². The monoisotopic (exact) mass is 395 g/mol. The first-order chi connectivity index (χ1) is 12.3. The standard InChI is InChI=1S/C18H22ClN3O3S/c1-13(15-3-2-4-16(19)11-15)22-12-18(23)21-10-9-14-5-7-17(8-6-14)26(20,24)25/h2-8,11,13,22H,9-10,12H2,1H3,(H,21,23)(H2,20,24,25)/t13-/m0/s1. The zero-order valence-corrected chi connectivity index (χ0v) is 16.0. The SMILES string of the molecule is C[C@H](NCC(=O)NCCc1ccc(S(N)(=O)=O)cc1)c1cccc(Cl)c1. The topological polar surface area (TPSA) is 101 Å². The Morgan fingerprint density at radius 2 is 1.88 bits per heavy atom. The van der Waals surface area contributed by atoms with Gasteiger partial charge >= 0.3 is 0 Å². The van der Waals surface area contributed by atoms with Gasteiger partial charge in [-0.3, -0.25) is 4.79 Å². The number of benzene rings is 2. The van der Waals surface area contributed by atoms with Crippen LogP contribution in [0.2, 0.25) is 5.02 Å². The van der Waals surface area contributed by atoms with E-state index in [1.165, 1.54) is 12.1 Å². The predicted molar refractivity (Wildman–Crippen MR) is 102 cm³/mol. The number of primary sulfonamides is 1. The first-order valence-electron chi connectivity index (χ1n) is 8.13. The fourth-order valence-electron chi connectivity index (χ4n) is 2.39. The quantitative estimate of drug-likeness (QED) is 0.636. The molecule has 0 spiro atoms. The maximum atomic E-state index is 11.9. The second-order valence-corrected chi connectivity index (χ2v) is 7.94. The van der Waals surface area contributed by atoms with Crippen LogP contribution in [-0.2, 0) is 21.2 Å². The Hall–Kier alpha value is -1.93. The molecule has 0 unspecified atom stereocenters. The molecule has 0 aromatic heterocycles. The van der Waals surface area contributed by atoms with Gasteiger partial charge < -0.3 is 10.6 Å². The number of amides is 1. The Morgan fingerprint density at radius 3 is 2.50 bits per heavy atom. The van der Waals surface area contributed by atoms with Gasteiger partial charge in [0.15, 0.2) is 0 Å². The molecule has 2 rings (SSSR count). The second-order valence-electron chi connectivity index (χ2n) is 5.95. The highest BCUT2D eigenvalue weighted by atomic mass is 35.5. The molecule has 2 aromatic rings. The molecular formula is C18H22ClN3O3S. The fraction of sp³-hybridized carbons (Fsp3) is 0.278. The molecule has 1 atom stereocenters. The van der Waals surface area contributed by atoms with E-state index in [9.17, 15) is 13.2 Å². The smallest absolute Gasteiger partial charge is 0.238 e. The molecular weight excluding hydrogens is 374 g/mol. The summed E-state index contributed by atoms with van der Waals surface area (Å²) in [6.45, 7) is 2.62. The van der Waals surface area contributed by atoms with Crippen LogP contribution in [0.1, 0.15) is 24.1 Å². The molecule has 0 saturated carbocycles. The van der Waals surface area contributed by atoms with Crippen LogP contribution in [0.4, 0.5) is 0 Å². The van der Waals surface area contributed by atoms with Gasteiger partial charge in [0.25, 0.3) is 0 Å². The molecule has 0 aliphatic carbocycles. The molecule has 0 bridgehead atoms. The van der Waals surface area contributed by atoms with Crippen LogP contribution in [0.3, 0.4) is 0 Å². The summed E-state index contributed by atoms with van der Waals surface area (Å²) in [6.07, 6.45) is 0.598. The lowest BCUT2D eigenvalue weighted by Crippen LogP contribution is -2.36. The average Bonchev–Trinajstić information content (AvgIpc) is 2.59. The lowest BCUT2D eigenvalue weighted by Gasteiger charge is -2.14. The lowest BCUT2D eigenvalue weighted by atomic mass is 10.1. The van der Waals surface area contributed by atoms with Crippen molar-refractivity contribution in [3.05, 3.63) is 64.7 Å². The van der Waals surface area contributed by atoms with Crippen molar-refractivity contribution >= 4 is 27.5 Å². The van der Waals surface area contributed by atoms with Crippen molar-refractivity contribution in [2.24, 2.45) is 5.14 Å². The molecule has 0 heterocycles. The van der Waals surface area contributed by atoms with Crippen LogP contribution in [0, 0.1) is 0 Å². The van der Waals surface area contributed by atoms with E-state index in [1.54, 1.807) is 18.2 Å². The number of hydrogen-bond acceptors (Lipinski definition) is 4. The number of halogens is 1. The molecule has 8 heteroatoms. The molecule has 1 amide bonds. The lowest BCUT2D eigenvalue weighted by molar-refractivity contribution is -0.120.